The van der Waals surface area contributed by atoms with Gasteiger partial charge in [-0.3, -0.25) is 9.59 Å². The highest BCUT2D eigenvalue weighted by Crippen LogP contribution is 2.33. The van der Waals surface area contributed by atoms with Gasteiger partial charge in [-0.05, 0) is 71.8 Å². The molecular formula is C22H32N4O2S. The van der Waals surface area contributed by atoms with E-state index in [4.69, 9.17) is 0 Å². The Labute approximate surface area is 175 Å². The molecule has 0 spiro atoms. The highest BCUT2D eigenvalue weighted by molar-refractivity contribution is 7.18. The number of nitrogens with zero attached hydrogens (tertiary/aromatic N) is 1. The lowest BCUT2D eigenvalue weighted by Crippen LogP contribution is -2.62. The van der Waals surface area contributed by atoms with Crippen molar-refractivity contribution in [2.24, 2.45) is 0 Å². The van der Waals surface area contributed by atoms with Gasteiger partial charge in [0.1, 0.15) is 10.7 Å². The lowest BCUT2D eigenvalue weighted by molar-refractivity contribution is -0.122. The summed E-state index contributed by atoms with van der Waals surface area (Å²) in [6, 6.07) is 0.159. The molecule has 1 fully saturated rings. The van der Waals surface area contributed by atoms with Crippen LogP contribution in [0.3, 0.4) is 0 Å². The molecular weight excluding hydrogens is 384 g/mol. The Hall–Kier alpha value is -1.73. The fourth-order valence-electron chi connectivity index (χ4n) is 5.28. The van der Waals surface area contributed by atoms with Crippen molar-refractivity contribution in [1.82, 2.24) is 20.6 Å². The smallest absolute Gasteiger partial charge is 0.259 e. The number of piperidine rings is 1. The topological polar surface area (TPSA) is 86.9 Å². The first kappa shape index (κ1) is 20.5. The predicted molar refractivity (Wildman–Crippen MR) is 118 cm³/mol. The molecule has 1 aliphatic carbocycles. The molecule has 0 radical (unpaired) electrons. The van der Waals surface area contributed by atoms with Gasteiger partial charge in [-0.1, -0.05) is 0 Å². The molecule has 6 nitrogen and oxygen atoms in total. The summed E-state index contributed by atoms with van der Waals surface area (Å²) in [5.74, 6) is 0.638. The van der Waals surface area contributed by atoms with Crippen LogP contribution in [0.2, 0.25) is 0 Å². The fraction of sp³-hybridized carbons (Fsp3) is 0.682. The van der Waals surface area contributed by atoms with Gasteiger partial charge in [-0.25, -0.2) is 4.98 Å². The minimum Gasteiger partial charge on any atom is -0.353 e. The summed E-state index contributed by atoms with van der Waals surface area (Å²) in [5, 5.41) is 7.61. The van der Waals surface area contributed by atoms with E-state index >= 15 is 0 Å². The van der Waals surface area contributed by atoms with Crippen LogP contribution in [-0.2, 0) is 24.1 Å². The molecule has 0 bridgehead atoms. The summed E-state index contributed by atoms with van der Waals surface area (Å²) >= 11 is 1.65. The van der Waals surface area contributed by atoms with Crippen LogP contribution >= 0.6 is 11.3 Å². The molecule has 0 unspecified atom stereocenters. The van der Waals surface area contributed by atoms with Crippen molar-refractivity contribution >= 4 is 27.5 Å². The third kappa shape index (κ3) is 4.56. The summed E-state index contributed by atoms with van der Waals surface area (Å²) in [5.41, 5.74) is 1.14. The molecule has 7 heteroatoms. The molecule has 1 saturated heterocycles. The SMILES string of the molecule is CC1(C)CC(NC(=O)CCc2nc3sc4c(c3c(=O)[nH]2)CCCC4)CC(C)(C)N1. The molecule has 3 N–H and O–H groups in total. The van der Waals surface area contributed by atoms with E-state index in [0.29, 0.717) is 18.7 Å². The number of aryl methyl sites for hydroxylation is 3. The third-order valence-electron chi connectivity index (χ3n) is 6.02. The zero-order valence-electron chi connectivity index (χ0n) is 17.9. The van der Waals surface area contributed by atoms with Gasteiger partial charge >= 0.3 is 0 Å². The number of hydrogen-bond donors (Lipinski definition) is 3. The first-order chi connectivity index (χ1) is 13.6. The van der Waals surface area contributed by atoms with Crippen LogP contribution in [0.4, 0.5) is 0 Å². The van der Waals surface area contributed by atoms with Gasteiger partial charge in [-0.2, -0.15) is 0 Å². The highest BCUT2D eigenvalue weighted by Gasteiger charge is 2.38. The number of fused-ring (bicyclic) bond motifs is 3. The van der Waals surface area contributed by atoms with Gasteiger partial charge in [0.2, 0.25) is 5.91 Å². The van der Waals surface area contributed by atoms with Gasteiger partial charge < -0.3 is 15.6 Å². The number of rotatable bonds is 4. The average Bonchev–Trinajstić information content (AvgIpc) is 2.96. The normalized spacial score (nSPS) is 21.1. The van der Waals surface area contributed by atoms with Crippen molar-refractivity contribution < 1.29 is 4.79 Å². The maximum Gasteiger partial charge on any atom is 0.259 e. The largest absolute Gasteiger partial charge is 0.353 e. The molecule has 0 aromatic carbocycles. The van der Waals surface area contributed by atoms with E-state index in [9.17, 15) is 9.59 Å². The standard InChI is InChI=1S/C22H32N4O2S/c1-21(2)11-13(12-22(3,4)26-21)23-17(27)10-9-16-24-19(28)18-14-7-5-6-8-15(14)29-20(18)25-16/h13,26H,5-12H2,1-4H3,(H,23,27)(H,24,25,28). The number of carbonyl (C=O) groups excluding carboxylic acids is 1. The molecule has 0 atom stereocenters. The second-order valence-corrected chi connectivity index (χ2v) is 11.1. The van der Waals surface area contributed by atoms with E-state index in [-0.39, 0.29) is 28.6 Å². The molecule has 29 heavy (non-hydrogen) atoms. The van der Waals surface area contributed by atoms with Crippen molar-refractivity contribution in [1.29, 1.82) is 0 Å². The summed E-state index contributed by atoms with van der Waals surface area (Å²) in [7, 11) is 0. The number of hydrogen-bond acceptors (Lipinski definition) is 5. The fourth-order valence-corrected chi connectivity index (χ4v) is 6.56. The summed E-state index contributed by atoms with van der Waals surface area (Å²) in [4.78, 5) is 35.0. The van der Waals surface area contributed by atoms with Gasteiger partial charge in [-0.15, -0.1) is 11.3 Å². The molecule has 2 aromatic heterocycles. The van der Waals surface area contributed by atoms with Gasteiger partial charge in [0, 0.05) is 34.8 Å². The Morgan fingerprint density at radius 2 is 1.86 bits per heavy atom. The van der Waals surface area contributed by atoms with Crippen LogP contribution in [0.15, 0.2) is 4.79 Å². The van der Waals surface area contributed by atoms with E-state index < -0.39 is 0 Å². The van der Waals surface area contributed by atoms with Gasteiger partial charge in [0.05, 0.1) is 5.39 Å². The maximum atomic E-state index is 12.6. The minimum absolute atomic E-state index is 0.00416. The van der Waals surface area contributed by atoms with Crippen molar-refractivity contribution in [3.63, 3.8) is 0 Å². The lowest BCUT2D eigenvalue weighted by atomic mass is 9.79. The maximum absolute atomic E-state index is 12.6. The Kier molecular flexibility index (Phi) is 5.32. The zero-order chi connectivity index (χ0) is 20.8. The number of H-pyrrole nitrogens is 1. The molecule has 4 rings (SSSR count). The number of amides is 1. The first-order valence-electron chi connectivity index (χ1n) is 10.7. The van der Waals surface area contributed by atoms with E-state index in [1.54, 1.807) is 11.3 Å². The number of carbonyl (C=O) groups is 1. The second-order valence-electron chi connectivity index (χ2n) is 9.97. The minimum atomic E-state index is -0.0494. The molecule has 2 aromatic rings. The molecule has 158 valence electrons. The molecule has 1 aliphatic heterocycles. The highest BCUT2D eigenvalue weighted by atomic mass is 32.1. The predicted octanol–water partition coefficient (Wildman–Crippen LogP) is 3.22. The monoisotopic (exact) mass is 416 g/mol. The van der Waals surface area contributed by atoms with Crippen LogP contribution in [0.1, 0.15) is 76.1 Å². The summed E-state index contributed by atoms with van der Waals surface area (Å²) < 4.78 is 0. The average molecular weight is 417 g/mol. The molecule has 3 heterocycles. The number of aromatic nitrogens is 2. The molecule has 1 amide bonds. The Morgan fingerprint density at radius 1 is 1.17 bits per heavy atom. The van der Waals surface area contributed by atoms with Gasteiger partial charge in [0.15, 0.2) is 0 Å². The Bertz CT molecular complexity index is 973. The third-order valence-corrected chi connectivity index (χ3v) is 7.20. The molecule has 0 saturated carbocycles. The zero-order valence-corrected chi connectivity index (χ0v) is 18.7. The Morgan fingerprint density at radius 3 is 2.59 bits per heavy atom. The van der Waals surface area contributed by atoms with Crippen molar-refractivity contribution in [3.8, 4) is 0 Å². The Balaban J connectivity index is 1.42. The van der Waals surface area contributed by atoms with Crippen molar-refractivity contribution in [2.75, 3.05) is 0 Å². The van der Waals surface area contributed by atoms with Crippen LogP contribution < -0.4 is 16.2 Å². The van der Waals surface area contributed by atoms with Crippen LogP contribution in [0.5, 0.6) is 0 Å². The van der Waals surface area contributed by atoms with Crippen LogP contribution in [0.25, 0.3) is 10.2 Å². The van der Waals surface area contributed by atoms with Crippen LogP contribution in [-0.4, -0.2) is 33.0 Å². The van der Waals surface area contributed by atoms with E-state index in [2.05, 4.69) is 48.3 Å². The van der Waals surface area contributed by atoms with Crippen molar-refractivity contribution in [3.05, 3.63) is 26.6 Å². The number of thiophene rings is 1. The summed E-state index contributed by atoms with van der Waals surface area (Å²) in [6.07, 6.45) is 6.97. The second kappa shape index (κ2) is 7.51. The number of nitrogens with one attached hydrogen (secondary N) is 3. The van der Waals surface area contributed by atoms with Crippen molar-refractivity contribution in [2.45, 2.75) is 96.2 Å². The quantitative estimate of drug-likeness (QED) is 0.714. The number of aromatic amines is 1. The van der Waals surface area contributed by atoms with Crippen LogP contribution in [0, 0.1) is 0 Å². The van der Waals surface area contributed by atoms with E-state index in [0.717, 1.165) is 42.3 Å². The van der Waals surface area contributed by atoms with Gasteiger partial charge in [0.25, 0.3) is 5.56 Å². The molecule has 2 aliphatic rings. The lowest BCUT2D eigenvalue weighted by Gasteiger charge is -2.46. The summed E-state index contributed by atoms with van der Waals surface area (Å²) in [6.45, 7) is 8.71. The first-order valence-corrected chi connectivity index (χ1v) is 11.6. The van der Waals surface area contributed by atoms with E-state index in [1.807, 2.05) is 0 Å². The van der Waals surface area contributed by atoms with E-state index in [1.165, 1.54) is 16.9 Å².